The second kappa shape index (κ2) is 14.6. The topological polar surface area (TPSA) is 131 Å². The van der Waals surface area contributed by atoms with Gasteiger partial charge in [0.05, 0.1) is 0 Å². The van der Waals surface area contributed by atoms with Crippen LogP contribution < -0.4 is 11.1 Å². The zero-order chi connectivity index (χ0) is 28.1. The van der Waals surface area contributed by atoms with Gasteiger partial charge in [-0.1, -0.05) is 54.6 Å². The molecule has 0 saturated carbocycles. The Morgan fingerprint density at radius 3 is 1.79 bits per heavy atom. The summed E-state index contributed by atoms with van der Waals surface area (Å²) in [7, 11) is 0. The first kappa shape index (κ1) is 30.2. The molecule has 5 N–H and O–H groups in total. The Balaban J connectivity index is 0.000000384. The van der Waals surface area contributed by atoms with Gasteiger partial charge in [-0.2, -0.15) is 0 Å². The molecule has 3 aromatic rings. The molecule has 0 radical (unpaired) electrons. The van der Waals surface area contributed by atoms with E-state index in [9.17, 15) is 14.7 Å². The van der Waals surface area contributed by atoms with Gasteiger partial charge in [-0.3, -0.25) is 0 Å². The van der Waals surface area contributed by atoms with E-state index in [1.165, 1.54) is 12.1 Å². The maximum absolute atomic E-state index is 12.5. The number of amides is 1. The van der Waals surface area contributed by atoms with Gasteiger partial charge in [0.25, 0.3) is 0 Å². The molecule has 0 aliphatic heterocycles. The number of benzene rings is 3. The standard InChI is InChI=1S/C21H25NO5.C9H13NO/c1-21(2,3)27-19(24)18(13-15-9-11-17(23)12-10-15)22-20(25)26-14-16-7-5-4-6-8-16;1-7(10)6-8-2-4-9(11)5-3-8/h4-12,18,23H,13-14H2,1-3H3,(H,22,25);2-5,7,11H,6,10H2,1H3/t18-;7-/m01/s1. The molecule has 3 rings (SSSR count). The van der Waals surface area contributed by atoms with E-state index in [4.69, 9.17) is 20.3 Å². The molecule has 2 atom stereocenters. The second-order valence-corrected chi connectivity index (χ2v) is 10.0. The lowest BCUT2D eigenvalue weighted by atomic mass is 10.1. The number of rotatable bonds is 8. The van der Waals surface area contributed by atoms with E-state index in [-0.39, 0.29) is 24.8 Å². The molecule has 0 heterocycles. The lowest BCUT2D eigenvalue weighted by Gasteiger charge is -2.24. The van der Waals surface area contributed by atoms with Crippen molar-refractivity contribution in [1.29, 1.82) is 0 Å². The molecule has 0 unspecified atom stereocenters. The maximum atomic E-state index is 12.5. The first-order chi connectivity index (χ1) is 17.9. The zero-order valence-electron chi connectivity index (χ0n) is 22.4. The van der Waals surface area contributed by atoms with Gasteiger partial charge in [-0.25, -0.2) is 9.59 Å². The van der Waals surface area contributed by atoms with Gasteiger partial charge < -0.3 is 30.7 Å². The number of aromatic hydroxyl groups is 2. The van der Waals surface area contributed by atoms with E-state index in [1.807, 2.05) is 49.4 Å². The van der Waals surface area contributed by atoms with Gasteiger partial charge in [0, 0.05) is 12.5 Å². The fraction of sp³-hybridized carbons (Fsp3) is 0.333. The van der Waals surface area contributed by atoms with Crippen LogP contribution in [0.15, 0.2) is 78.9 Å². The quantitative estimate of drug-likeness (QED) is 0.311. The van der Waals surface area contributed by atoms with Gasteiger partial charge in [0.15, 0.2) is 0 Å². The predicted octanol–water partition coefficient (Wildman–Crippen LogP) is 4.85. The highest BCUT2D eigenvalue weighted by Crippen LogP contribution is 2.15. The molecular formula is C30H38N2O6. The highest BCUT2D eigenvalue weighted by atomic mass is 16.6. The van der Waals surface area contributed by atoms with Gasteiger partial charge in [-0.05, 0) is 75.1 Å². The van der Waals surface area contributed by atoms with Crippen molar-refractivity contribution in [2.75, 3.05) is 0 Å². The molecule has 204 valence electrons. The average molecular weight is 523 g/mol. The summed E-state index contributed by atoms with van der Waals surface area (Å²) in [6.45, 7) is 7.35. The van der Waals surface area contributed by atoms with Crippen molar-refractivity contribution in [2.24, 2.45) is 5.73 Å². The Bertz CT molecular complexity index is 1120. The molecule has 0 aliphatic rings. The Kier molecular flexibility index (Phi) is 11.6. The van der Waals surface area contributed by atoms with Crippen molar-refractivity contribution < 1.29 is 29.3 Å². The third-order valence-corrected chi connectivity index (χ3v) is 5.07. The van der Waals surface area contributed by atoms with Crippen molar-refractivity contribution in [3.8, 4) is 11.5 Å². The summed E-state index contributed by atoms with van der Waals surface area (Å²) < 4.78 is 10.6. The number of nitrogens with one attached hydrogen (secondary N) is 1. The molecule has 38 heavy (non-hydrogen) atoms. The number of hydrogen-bond donors (Lipinski definition) is 4. The first-order valence-electron chi connectivity index (χ1n) is 12.4. The van der Waals surface area contributed by atoms with Crippen LogP contribution in [0.3, 0.4) is 0 Å². The summed E-state index contributed by atoms with van der Waals surface area (Å²) in [4.78, 5) is 24.7. The number of esters is 1. The van der Waals surface area contributed by atoms with Crippen LogP contribution in [0.1, 0.15) is 44.4 Å². The SMILES string of the molecule is CC(C)(C)OC(=O)[C@H](Cc1ccc(O)cc1)NC(=O)OCc1ccccc1.C[C@@H](N)Cc1ccc(O)cc1. The van der Waals surface area contributed by atoms with Crippen molar-refractivity contribution in [3.05, 3.63) is 95.6 Å². The third kappa shape index (κ3) is 12.3. The molecule has 1 amide bonds. The van der Waals surface area contributed by atoms with Gasteiger partial charge in [0.1, 0.15) is 29.7 Å². The Morgan fingerprint density at radius 2 is 1.32 bits per heavy atom. The number of carbonyl (C=O) groups is 2. The largest absolute Gasteiger partial charge is 0.508 e. The Hall–Kier alpha value is -4.04. The minimum atomic E-state index is -0.906. The summed E-state index contributed by atoms with van der Waals surface area (Å²) in [6, 6.07) is 22.1. The molecule has 0 aliphatic carbocycles. The fourth-order valence-electron chi connectivity index (χ4n) is 3.34. The monoisotopic (exact) mass is 522 g/mol. The van der Waals surface area contributed by atoms with Crippen molar-refractivity contribution in [3.63, 3.8) is 0 Å². The fourth-order valence-corrected chi connectivity index (χ4v) is 3.34. The molecule has 0 spiro atoms. The molecule has 0 fully saturated rings. The molecule has 3 aromatic carbocycles. The lowest BCUT2D eigenvalue weighted by Crippen LogP contribution is -2.45. The van der Waals surface area contributed by atoms with Crippen LogP contribution in [0.2, 0.25) is 0 Å². The third-order valence-electron chi connectivity index (χ3n) is 5.07. The van der Waals surface area contributed by atoms with E-state index >= 15 is 0 Å². The summed E-state index contributed by atoms with van der Waals surface area (Å²) in [6.07, 6.45) is 0.379. The van der Waals surface area contributed by atoms with Crippen molar-refractivity contribution >= 4 is 12.1 Å². The smallest absolute Gasteiger partial charge is 0.408 e. The normalized spacial score (nSPS) is 12.3. The van der Waals surface area contributed by atoms with Crippen LogP contribution in [0.4, 0.5) is 4.79 Å². The minimum Gasteiger partial charge on any atom is -0.508 e. The number of phenols is 2. The van der Waals surface area contributed by atoms with Gasteiger partial charge in [-0.15, -0.1) is 0 Å². The molecule has 0 saturated heterocycles. The minimum absolute atomic E-state index is 0.104. The predicted molar refractivity (Wildman–Crippen MR) is 147 cm³/mol. The average Bonchev–Trinajstić information content (AvgIpc) is 2.85. The summed E-state index contributed by atoms with van der Waals surface area (Å²) in [5.74, 6) is -0.117. The van der Waals surface area contributed by atoms with Crippen LogP contribution in [0.25, 0.3) is 0 Å². The number of phenolic OH excluding ortho intramolecular Hbond substituents is 2. The maximum Gasteiger partial charge on any atom is 0.408 e. The van der Waals surface area contributed by atoms with Gasteiger partial charge in [0.2, 0.25) is 0 Å². The van der Waals surface area contributed by atoms with Crippen LogP contribution in [0, 0.1) is 0 Å². The van der Waals surface area contributed by atoms with E-state index in [0.29, 0.717) is 5.75 Å². The van der Waals surface area contributed by atoms with E-state index in [1.54, 1.807) is 45.0 Å². The molecule has 0 aromatic heterocycles. The van der Waals surface area contributed by atoms with E-state index < -0.39 is 23.7 Å². The molecule has 8 heteroatoms. The Morgan fingerprint density at radius 1 is 0.816 bits per heavy atom. The number of nitrogens with two attached hydrogens (primary N) is 1. The van der Waals surface area contributed by atoms with Gasteiger partial charge >= 0.3 is 12.1 Å². The van der Waals surface area contributed by atoms with Crippen LogP contribution in [-0.4, -0.2) is 40.0 Å². The summed E-state index contributed by atoms with van der Waals surface area (Å²) >= 11 is 0. The highest BCUT2D eigenvalue weighted by Gasteiger charge is 2.27. The Labute approximate surface area is 224 Å². The van der Waals surface area contributed by atoms with Crippen LogP contribution in [-0.2, 0) is 33.7 Å². The molecule has 0 bridgehead atoms. The first-order valence-corrected chi connectivity index (χ1v) is 12.4. The zero-order valence-corrected chi connectivity index (χ0v) is 22.4. The number of hydrogen-bond acceptors (Lipinski definition) is 7. The van der Waals surface area contributed by atoms with Crippen LogP contribution in [0.5, 0.6) is 11.5 Å². The van der Waals surface area contributed by atoms with E-state index in [2.05, 4.69) is 5.32 Å². The second-order valence-electron chi connectivity index (χ2n) is 10.0. The number of ether oxygens (including phenoxy) is 2. The molecular weight excluding hydrogens is 484 g/mol. The van der Waals surface area contributed by atoms with E-state index in [0.717, 1.165) is 23.1 Å². The van der Waals surface area contributed by atoms with Crippen LogP contribution >= 0.6 is 0 Å². The lowest BCUT2D eigenvalue weighted by molar-refractivity contribution is -0.157. The number of carbonyl (C=O) groups excluding carboxylic acids is 2. The summed E-state index contributed by atoms with van der Waals surface area (Å²) in [5, 5.41) is 20.9. The van der Waals surface area contributed by atoms with Crippen molar-refractivity contribution in [1.82, 2.24) is 5.32 Å². The van der Waals surface area contributed by atoms with Crippen molar-refractivity contribution in [2.45, 2.75) is 64.8 Å². The molecule has 8 nitrogen and oxygen atoms in total. The number of alkyl carbamates (subject to hydrolysis) is 1. The highest BCUT2D eigenvalue weighted by molar-refractivity contribution is 5.82. The summed E-state index contributed by atoms with van der Waals surface area (Å²) in [5.41, 5.74) is 7.70.